The molecule has 0 amide bonds. The predicted molar refractivity (Wildman–Crippen MR) is 66.7 cm³/mol. The van der Waals surface area contributed by atoms with Crippen LogP contribution in [0.5, 0.6) is 0 Å². The van der Waals surface area contributed by atoms with Gasteiger partial charge in [-0.05, 0) is 31.5 Å². The maximum absolute atomic E-state index is 12.1. The minimum Gasteiger partial charge on any atom is -0.468 e. The van der Waals surface area contributed by atoms with Crippen LogP contribution in [0.3, 0.4) is 0 Å². The molecule has 0 aliphatic heterocycles. The molecule has 0 N–H and O–H groups in total. The molecule has 3 nitrogen and oxygen atoms in total. The van der Waals surface area contributed by atoms with Crippen LogP contribution in [0.2, 0.25) is 0 Å². The van der Waals surface area contributed by atoms with Crippen molar-refractivity contribution in [3.63, 3.8) is 0 Å². The number of furan rings is 1. The lowest BCUT2D eigenvalue weighted by atomic mass is 10.1. The SMILES string of the molecule is CCN(Cc1ccco1)C1CCCCCC1=O. The number of nitrogens with zero attached hydrogens (tertiary/aromatic N) is 1. The Bertz CT molecular complexity index is 345. The molecule has 1 aliphatic rings. The maximum atomic E-state index is 12.1. The molecule has 0 spiro atoms. The summed E-state index contributed by atoms with van der Waals surface area (Å²) in [7, 11) is 0. The first-order valence-corrected chi connectivity index (χ1v) is 6.60. The molecular formula is C14H21NO2. The number of rotatable bonds is 4. The highest BCUT2D eigenvalue weighted by atomic mass is 16.3. The van der Waals surface area contributed by atoms with Crippen LogP contribution in [0, 0.1) is 0 Å². The molecule has 1 aromatic heterocycles. The van der Waals surface area contributed by atoms with E-state index >= 15 is 0 Å². The molecule has 17 heavy (non-hydrogen) atoms. The van der Waals surface area contributed by atoms with Crippen molar-refractivity contribution < 1.29 is 9.21 Å². The molecule has 1 saturated carbocycles. The van der Waals surface area contributed by atoms with E-state index in [0.717, 1.165) is 38.1 Å². The van der Waals surface area contributed by atoms with Gasteiger partial charge in [0.1, 0.15) is 11.5 Å². The fraction of sp³-hybridized carbons (Fsp3) is 0.643. The van der Waals surface area contributed by atoms with Gasteiger partial charge in [-0.3, -0.25) is 9.69 Å². The standard InChI is InChI=1S/C14H21NO2/c1-2-15(11-12-7-6-10-17-12)13-8-4-3-5-9-14(13)16/h6-7,10,13H,2-5,8-9,11H2,1H3. The zero-order chi connectivity index (χ0) is 12.1. The zero-order valence-electron chi connectivity index (χ0n) is 10.5. The summed E-state index contributed by atoms with van der Waals surface area (Å²) in [6.07, 6.45) is 6.88. The molecule has 3 heteroatoms. The summed E-state index contributed by atoms with van der Waals surface area (Å²) < 4.78 is 5.37. The highest BCUT2D eigenvalue weighted by Gasteiger charge is 2.26. The average Bonchev–Trinajstić information content (AvgIpc) is 2.75. The largest absolute Gasteiger partial charge is 0.468 e. The Morgan fingerprint density at radius 1 is 1.41 bits per heavy atom. The summed E-state index contributed by atoms with van der Waals surface area (Å²) in [5.41, 5.74) is 0. The smallest absolute Gasteiger partial charge is 0.149 e. The summed E-state index contributed by atoms with van der Waals surface area (Å²) >= 11 is 0. The highest BCUT2D eigenvalue weighted by Crippen LogP contribution is 2.21. The first kappa shape index (κ1) is 12.4. The number of likely N-dealkylation sites (N-methyl/N-ethyl adjacent to an activating group) is 1. The molecule has 1 aromatic rings. The minimum atomic E-state index is 0.104. The molecule has 2 rings (SSSR count). The second-order valence-electron chi connectivity index (χ2n) is 4.72. The molecule has 1 atom stereocenters. The van der Waals surface area contributed by atoms with Gasteiger partial charge in [-0.1, -0.05) is 19.8 Å². The van der Waals surface area contributed by atoms with Crippen LogP contribution >= 0.6 is 0 Å². The van der Waals surface area contributed by atoms with Crippen LogP contribution in [-0.4, -0.2) is 23.3 Å². The van der Waals surface area contributed by atoms with E-state index in [0.29, 0.717) is 5.78 Å². The highest BCUT2D eigenvalue weighted by molar-refractivity contribution is 5.84. The van der Waals surface area contributed by atoms with Crippen molar-refractivity contribution in [2.75, 3.05) is 6.54 Å². The molecule has 94 valence electrons. The lowest BCUT2D eigenvalue weighted by molar-refractivity contribution is -0.124. The van der Waals surface area contributed by atoms with E-state index in [1.165, 1.54) is 12.8 Å². The van der Waals surface area contributed by atoms with E-state index in [1.54, 1.807) is 6.26 Å². The summed E-state index contributed by atoms with van der Waals surface area (Å²) in [5, 5.41) is 0. The van der Waals surface area contributed by atoms with Gasteiger partial charge in [0.15, 0.2) is 0 Å². The zero-order valence-corrected chi connectivity index (χ0v) is 10.5. The van der Waals surface area contributed by atoms with E-state index in [9.17, 15) is 4.79 Å². The Labute approximate surface area is 103 Å². The van der Waals surface area contributed by atoms with Crippen molar-refractivity contribution in [2.45, 2.75) is 51.6 Å². The van der Waals surface area contributed by atoms with Gasteiger partial charge in [0.05, 0.1) is 18.8 Å². The third-order valence-electron chi connectivity index (χ3n) is 3.56. The van der Waals surface area contributed by atoms with Crippen LogP contribution in [-0.2, 0) is 11.3 Å². The number of carbonyl (C=O) groups is 1. The number of carbonyl (C=O) groups excluding carboxylic acids is 1. The Hall–Kier alpha value is -1.09. The molecule has 0 radical (unpaired) electrons. The van der Waals surface area contributed by atoms with Gasteiger partial charge in [-0.15, -0.1) is 0 Å². The first-order chi connectivity index (χ1) is 8.31. The van der Waals surface area contributed by atoms with E-state index < -0.39 is 0 Å². The second kappa shape index (κ2) is 6.01. The van der Waals surface area contributed by atoms with Crippen molar-refractivity contribution in [3.8, 4) is 0 Å². The second-order valence-corrected chi connectivity index (χ2v) is 4.72. The summed E-state index contributed by atoms with van der Waals surface area (Å²) in [5.74, 6) is 1.36. The van der Waals surface area contributed by atoms with Crippen molar-refractivity contribution in [3.05, 3.63) is 24.2 Å². The van der Waals surface area contributed by atoms with Crippen molar-refractivity contribution in [2.24, 2.45) is 0 Å². The number of Topliss-reactive ketones (excluding diaryl/α,β-unsaturated/α-hetero) is 1. The average molecular weight is 235 g/mol. The van der Waals surface area contributed by atoms with E-state index in [1.807, 2.05) is 12.1 Å². The molecule has 0 saturated heterocycles. The molecule has 1 fully saturated rings. The fourth-order valence-corrected chi connectivity index (χ4v) is 2.57. The van der Waals surface area contributed by atoms with Crippen molar-refractivity contribution in [1.82, 2.24) is 4.90 Å². The summed E-state index contributed by atoms with van der Waals surface area (Å²) in [6.45, 7) is 3.76. The maximum Gasteiger partial charge on any atom is 0.149 e. The number of hydrogen-bond acceptors (Lipinski definition) is 3. The number of hydrogen-bond donors (Lipinski definition) is 0. The van der Waals surface area contributed by atoms with Gasteiger partial charge < -0.3 is 4.42 Å². The topological polar surface area (TPSA) is 33.5 Å². The minimum absolute atomic E-state index is 0.104. The van der Waals surface area contributed by atoms with Gasteiger partial charge in [0, 0.05) is 6.42 Å². The van der Waals surface area contributed by atoms with Gasteiger partial charge in [-0.25, -0.2) is 0 Å². The Balaban J connectivity index is 2.02. The molecule has 1 heterocycles. The van der Waals surface area contributed by atoms with Crippen LogP contribution in [0.25, 0.3) is 0 Å². The van der Waals surface area contributed by atoms with Crippen molar-refractivity contribution in [1.29, 1.82) is 0 Å². The third kappa shape index (κ3) is 3.19. The van der Waals surface area contributed by atoms with Crippen LogP contribution in [0.4, 0.5) is 0 Å². The molecule has 0 aromatic carbocycles. The normalized spacial score (nSPS) is 21.8. The lowest BCUT2D eigenvalue weighted by Crippen LogP contribution is -2.39. The molecule has 1 aliphatic carbocycles. The first-order valence-electron chi connectivity index (χ1n) is 6.60. The fourth-order valence-electron chi connectivity index (χ4n) is 2.57. The van der Waals surface area contributed by atoms with Gasteiger partial charge >= 0.3 is 0 Å². The van der Waals surface area contributed by atoms with E-state index in [-0.39, 0.29) is 6.04 Å². The summed E-state index contributed by atoms with van der Waals surface area (Å²) in [4.78, 5) is 14.3. The van der Waals surface area contributed by atoms with Gasteiger partial charge in [-0.2, -0.15) is 0 Å². The Kier molecular flexibility index (Phi) is 4.37. The number of ketones is 1. The van der Waals surface area contributed by atoms with Gasteiger partial charge in [0.25, 0.3) is 0 Å². The monoisotopic (exact) mass is 235 g/mol. The van der Waals surface area contributed by atoms with Crippen molar-refractivity contribution >= 4 is 5.78 Å². The van der Waals surface area contributed by atoms with Gasteiger partial charge in [0.2, 0.25) is 0 Å². The van der Waals surface area contributed by atoms with Crippen LogP contribution in [0.1, 0.15) is 44.8 Å². The Morgan fingerprint density at radius 2 is 2.29 bits per heavy atom. The molecular weight excluding hydrogens is 214 g/mol. The van der Waals surface area contributed by atoms with Crippen LogP contribution < -0.4 is 0 Å². The van der Waals surface area contributed by atoms with E-state index in [4.69, 9.17) is 4.42 Å². The van der Waals surface area contributed by atoms with Crippen LogP contribution in [0.15, 0.2) is 22.8 Å². The molecule has 0 bridgehead atoms. The predicted octanol–water partition coefficient (Wildman–Crippen LogP) is 3.00. The summed E-state index contributed by atoms with van der Waals surface area (Å²) in [6, 6.07) is 3.98. The van der Waals surface area contributed by atoms with E-state index in [2.05, 4.69) is 11.8 Å². The quantitative estimate of drug-likeness (QED) is 0.752. The molecule has 1 unspecified atom stereocenters. The Morgan fingerprint density at radius 3 is 3.00 bits per heavy atom. The third-order valence-corrected chi connectivity index (χ3v) is 3.56. The lowest BCUT2D eigenvalue weighted by Gasteiger charge is -2.27.